The third-order valence-corrected chi connectivity index (χ3v) is 5.68. The van der Waals surface area contributed by atoms with Crippen LogP contribution in [0.2, 0.25) is 0 Å². The first-order valence-corrected chi connectivity index (χ1v) is 11.0. The van der Waals surface area contributed by atoms with Gasteiger partial charge in [-0.15, -0.1) is 0 Å². The van der Waals surface area contributed by atoms with Crippen molar-refractivity contribution < 1.29 is 24.3 Å². The standard InChI is InChI=1S/C23H36N4O5/c1-5-14(3)19(24)22(31)26-17(12-16-10-8-7-9-11-16)21(30)27-20(15(4)6-2)23(32)25-13-18(28)29/h7-11,14-15,17,19-20H,5-6,12-13,24H2,1-4H3,(H,25,32)(H,26,31)(H,27,30)(H,28,29). The first-order valence-electron chi connectivity index (χ1n) is 11.0. The number of carbonyl (C=O) groups excluding carboxylic acids is 3. The van der Waals surface area contributed by atoms with E-state index in [1.165, 1.54) is 0 Å². The molecular formula is C23H36N4O5. The van der Waals surface area contributed by atoms with Gasteiger partial charge in [0.25, 0.3) is 0 Å². The van der Waals surface area contributed by atoms with E-state index in [0.717, 1.165) is 5.56 Å². The summed E-state index contributed by atoms with van der Waals surface area (Å²) < 4.78 is 0. The van der Waals surface area contributed by atoms with Crippen LogP contribution in [0.15, 0.2) is 30.3 Å². The second-order valence-electron chi connectivity index (χ2n) is 8.15. The highest BCUT2D eigenvalue weighted by atomic mass is 16.4. The van der Waals surface area contributed by atoms with Gasteiger partial charge in [0.2, 0.25) is 17.7 Å². The van der Waals surface area contributed by atoms with Gasteiger partial charge in [0.15, 0.2) is 0 Å². The summed E-state index contributed by atoms with van der Waals surface area (Å²) in [5, 5.41) is 16.6. The van der Waals surface area contributed by atoms with Crippen molar-refractivity contribution in [3.05, 3.63) is 35.9 Å². The number of carboxylic acid groups (broad SMARTS) is 1. The molecule has 0 saturated carbocycles. The zero-order valence-electron chi connectivity index (χ0n) is 19.3. The first kappa shape index (κ1) is 27.1. The molecule has 9 heteroatoms. The molecule has 0 aliphatic heterocycles. The molecule has 32 heavy (non-hydrogen) atoms. The van der Waals surface area contributed by atoms with Crippen molar-refractivity contribution in [2.24, 2.45) is 17.6 Å². The molecule has 0 radical (unpaired) electrons. The molecule has 9 nitrogen and oxygen atoms in total. The Labute approximate surface area is 189 Å². The maximum atomic E-state index is 13.2. The van der Waals surface area contributed by atoms with Crippen molar-refractivity contribution in [3.8, 4) is 0 Å². The second kappa shape index (κ2) is 13.5. The fourth-order valence-corrected chi connectivity index (χ4v) is 3.07. The number of nitrogens with one attached hydrogen (secondary N) is 3. The zero-order valence-corrected chi connectivity index (χ0v) is 19.3. The van der Waals surface area contributed by atoms with Crippen LogP contribution in [-0.4, -0.2) is 53.5 Å². The van der Waals surface area contributed by atoms with E-state index < -0.39 is 48.4 Å². The number of nitrogens with two attached hydrogens (primary N) is 1. The molecule has 0 aliphatic rings. The van der Waals surface area contributed by atoms with Crippen molar-refractivity contribution in [2.45, 2.75) is 65.1 Å². The average Bonchev–Trinajstić information content (AvgIpc) is 2.79. The molecule has 178 valence electrons. The Hall–Kier alpha value is -2.94. The first-order chi connectivity index (χ1) is 15.1. The van der Waals surface area contributed by atoms with Crippen LogP contribution >= 0.6 is 0 Å². The van der Waals surface area contributed by atoms with Crippen LogP contribution in [0.1, 0.15) is 46.1 Å². The van der Waals surface area contributed by atoms with Crippen molar-refractivity contribution in [1.82, 2.24) is 16.0 Å². The minimum atomic E-state index is -1.18. The van der Waals surface area contributed by atoms with Crippen LogP contribution in [0.4, 0.5) is 0 Å². The molecule has 0 aliphatic carbocycles. The van der Waals surface area contributed by atoms with Crippen LogP contribution < -0.4 is 21.7 Å². The van der Waals surface area contributed by atoms with Crippen LogP contribution in [0.3, 0.4) is 0 Å². The van der Waals surface area contributed by atoms with Gasteiger partial charge < -0.3 is 26.8 Å². The Kier molecular flexibility index (Phi) is 11.4. The maximum Gasteiger partial charge on any atom is 0.322 e. The van der Waals surface area contributed by atoms with Gasteiger partial charge in [-0.05, 0) is 17.4 Å². The van der Waals surface area contributed by atoms with E-state index in [-0.39, 0.29) is 18.3 Å². The Morgan fingerprint density at radius 2 is 1.50 bits per heavy atom. The molecule has 6 N–H and O–H groups in total. The van der Waals surface area contributed by atoms with Crippen molar-refractivity contribution in [3.63, 3.8) is 0 Å². The van der Waals surface area contributed by atoms with Gasteiger partial charge in [-0.3, -0.25) is 19.2 Å². The lowest BCUT2D eigenvalue weighted by molar-refractivity contribution is -0.139. The monoisotopic (exact) mass is 448 g/mol. The van der Waals surface area contributed by atoms with E-state index in [1.54, 1.807) is 6.92 Å². The Bertz CT molecular complexity index is 771. The third kappa shape index (κ3) is 8.66. The Morgan fingerprint density at radius 3 is 2.03 bits per heavy atom. The minimum Gasteiger partial charge on any atom is -0.480 e. The topological polar surface area (TPSA) is 151 Å². The number of rotatable bonds is 13. The van der Waals surface area contributed by atoms with Gasteiger partial charge in [0, 0.05) is 6.42 Å². The second-order valence-corrected chi connectivity index (χ2v) is 8.15. The molecule has 0 spiro atoms. The van der Waals surface area contributed by atoms with Crippen LogP contribution in [0.5, 0.6) is 0 Å². The quantitative estimate of drug-likeness (QED) is 0.301. The summed E-state index contributed by atoms with van der Waals surface area (Å²) in [5.41, 5.74) is 6.87. The number of hydrogen-bond donors (Lipinski definition) is 5. The molecule has 0 saturated heterocycles. The summed E-state index contributed by atoms with van der Waals surface area (Å²) >= 11 is 0. The largest absolute Gasteiger partial charge is 0.480 e. The molecule has 0 bridgehead atoms. The number of carboxylic acids is 1. The lowest BCUT2D eigenvalue weighted by Gasteiger charge is -2.27. The number of carbonyl (C=O) groups is 4. The normalized spacial score (nSPS) is 15.5. The summed E-state index contributed by atoms with van der Waals surface area (Å²) in [4.78, 5) is 49.2. The molecule has 0 fully saturated rings. The predicted molar refractivity (Wildman–Crippen MR) is 122 cm³/mol. The van der Waals surface area contributed by atoms with Crippen molar-refractivity contribution in [2.75, 3.05) is 6.54 Å². The summed E-state index contributed by atoms with van der Waals surface area (Å²) in [6, 6.07) is 6.54. The average molecular weight is 449 g/mol. The number of amides is 3. The van der Waals surface area contributed by atoms with E-state index in [9.17, 15) is 19.2 Å². The van der Waals surface area contributed by atoms with Gasteiger partial charge in [-0.2, -0.15) is 0 Å². The van der Waals surface area contributed by atoms with Crippen LogP contribution in [0.25, 0.3) is 0 Å². The van der Waals surface area contributed by atoms with Crippen LogP contribution in [0, 0.1) is 11.8 Å². The van der Waals surface area contributed by atoms with Gasteiger partial charge >= 0.3 is 5.97 Å². The molecule has 5 unspecified atom stereocenters. The van der Waals surface area contributed by atoms with Gasteiger partial charge in [0.1, 0.15) is 18.6 Å². The molecule has 3 amide bonds. The number of hydrogen-bond acceptors (Lipinski definition) is 5. The fraction of sp³-hybridized carbons (Fsp3) is 0.565. The zero-order chi connectivity index (χ0) is 24.3. The molecule has 5 atom stereocenters. The molecule has 1 rings (SSSR count). The Morgan fingerprint density at radius 1 is 0.906 bits per heavy atom. The third-order valence-electron chi connectivity index (χ3n) is 5.68. The minimum absolute atomic E-state index is 0.0647. The molecule has 0 heterocycles. The highest BCUT2D eigenvalue weighted by Gasteiger charge is 2.31. The summed E-state index contributed by atoms with van der Waals surface area (Å²) in [6.07, 6.45) is 1.51. The predicted octanol–water partition coefficient (Wildman–Crippen LogP) is 0.819. The molecular weight excluding hydrogens is 412 g/mol. The van der Waals surface area contributed by atoms with E-state index in [1.807, 2.05) is 51.1 Å². The van der Waals surface area contributed by atoms with E-state index >= 15 is 0 Å². The maximum absolute atomic E-state index is 13.2. The summed E-state index contributed by atoms with van der Waals surface area (Å²) in [7, 11) is 0. The summed E-state index contributed by atoms with van der Waals surface area (Å²) in [6.45, 7) is 6.90. The molecule has 1 aromatic rings. The van der Waals surface area contributed by atoms with Gasteiger partial charge in [0.05, 0.1) is 6.04 Å². The molecule has 0 aromatic heterocycles. The fourth-order valence-electron chi connectivity index (χ4n) is 3.07. The van der Waals surface area contributed by atoms with Crippen molar-refractivity contribution >= 4 is 23.7 Å². The lowest BCUT2D eigenvalue weighted by atomic mass is 9.96. The summed E-state index contributed by atoms with van der Waals surface area (Å²) in [5.74, 6) is -3.05. The van der Waals surface area contributed by atoms with Crippen LogP contribution in [-0.2, 0) is 25.6 Å². The number of benzene rings is 1. The SMILES string of the molecule is CCC(C)C(N)C(=O)NC(Cc1ccccc1)C(=O)NC(C(=O)NCC(=O)O)C(C)CC. The molecule has 1 aromatic carbocycles. The van der Waals surface area contributed by atoms with E-state index in [2.05, 4.69) is 16.0 Å². The highest BCUT2D eigenvalue weighted by Crippen LogP contribution is 2.11. The van der Waals surface area contributed by atoms with E-state index in [0.29, 0.717) is 12.8 Å². The highest BCUT2D eigenvalue weighted by molar-refractivity contribution is 5.94. The Balaban J connectivity index is 3.06. The lowest BCUT2D eigenvalue weighted by Crippen LogP contribution is -2.58. The van der Waals surface area contributed by atoms with E-state index in [4.69, 9.17) is 10.8 Å². The van der Waals surface area contributed by atoms with Gasteiger partial charge in [-0.1, -0.05) is 70.9 Å². The van der Waals surface area contributed by atoms with Gasteiger partial charge in [-0.25, -0.2) is 0 Å². The smallest absolute Gasteiger partial charge is 0.322 e. The van der Waals surface area contributed by atoms with Crippen molar-refractivity contribution in [1.29, 1.82) is 0 Å². The number of aliphatic carboxylic acids is 1.